The van der Waals surface area contributed by atoms with E-state index in [0.717, 1.165) is 52.7 Å². The highest BCUT2D eigenvalue weighted by Gasteiger charge is 2.12. The normalized spacial score (nSPS) is 14.0. The molecule has 1 amide bonds. The van der Waals surface area contributed by atoms with Crippen LogP contribution < -0.4 is 15.0 Å². The van der Waals surface area contributed by atoms with E-state index in [9.17, 15) is 4.79 Å². The largest absolute Gasteiger partial charge is 0.483 e. The van der Waals surface area contributed by atoms with Crippen molar-refractivity contribution in [2.75, 3.05) is 29.9 Å². The molecular formula is C26H30N4O2. The van der Waals surface area contributed by atoms with E-state index >= 15 is 0 Å². The van der Waals surface area contributed by atoms with Gasteiger partial charge in [0, 0.05) is 24.3 Å². The van der Waals surface area contributed by atoms with Crippen molar-refractivity contribution in [1.29, 1.82) is 0 Å². The van der Waals surface area contributed by atoms with Crippen LogP contribution in [0.4, 0.5) is 11.5 Å². The molecule has 0 atom stereocenters. The van der Waals surface area contributed by atoms with Gasteiger partial charge in [-0.05, 0) is 68.1 Å². The van der Waals surface area contributed by atoms with Gasteiger partial charge in [0.2, 0.25) is 0 Å². The summed E-state index contributed by atoms with van der Waals surface area (Å²) in [5.74, 6) is 1.49. The third kappa shape index (κ3) is 5.44. The number of benzene rings is 2. The van der Waals surface area contributed by atoms with Gasteiger partial charge in [0.05, 0.1) is 5.69 Å². The van der Waals surface area contributed by atoms with Crippen molar-refractivity contribution in [3.05, 3.63) is 65.7 Å². The van der Waals surface area contributed by atoms with Crippen LogP contribution in [0.5, 0.6) is 5.75 Å². The van der Waals surface area contributed by atoms with Crippen molar-refractivity contribution in [3.8, 4) is 17.0 Å². The van der Waals surface area contributed by atoms with Crippen LogP contribution in [-0.2, 0) is 4.79 Å². The molecule has 0 unspecified atom stereocenters. The number of anilines is 2. The molecule has 1 aliphatic heterocycles. The topological polar surface area (TPSA) is 67.3 Å². The van der Waals surface area contributed by atoms with Crippen molar-refractivity contribution < 1.29 is 9.53 Å². The Hall–Kier alpha value is -3.41. The molecule has 32 heavy (non-hydrogen) atoms. The number of rotatable bonds is 6. The molecule has 1 aliphatic rings. The van der Waals surface area contributed by atoms with Crippen molar-refractivity contribution in [2.24, 2.45) is 0 Å². The molecular weight excluding hydrogens is 400 g/mol. The molecule has 0 saturated carbocycles. The van der Waals surface area contributed by atoms with Gasteiger partial charge in [0.25, 0.3) is 5.91 Å². The Morgan fingerprint density at radius 1 is 0.938 bits per heavy atom. The molecule has 2 aromatic carbocycles. The smallest absolute Gasteiger partial charge is 0.262 e. The number of hydrogen-bond acceptors (Lipinski definition) is 5. The van der Waals surface area contributed by atoms with Crippen LogP contribution in [0.1, 0.15) is 36.8 Å². The van der Waals surface area contributed by atoms with Gasteiger partial charge >= 0.3 is 0 Å². The zero-order valence-electron chi connectivity index (χ0n) is 18.8. The predicted molar refractivity (Wildman–Crippen MR) is 128 cm³/mol. The van der Waals surface area contributed by atoms with Gasteiger partial charge in [-0.3, -0.25) is 4.79 Å². The van der Waals surface area contributed by atoms with Crippen LogP contribution in [0.15, 0.2) is 54.6 Å². The highest BCUT2D eigenvalue weighted by Crippen LogP contribution is 2.23. The summed E-state index contributed by atoms with van der Waals surface area (Å²) in [7, 11) is 0. The van der Waals surface area contributed by atoms with E-state index in [4.69, 9.17) is 4.74 Å². The second kappa shape index (κ2) is 10.3. The van der Waals surface area contributed by atoms with E-state index in [1.54, 1.807) is 0 Å². The van der Waals surface area contributed by atoms with E-state index in [2.05, 4.69) is 20.4 Å². The fourth-order valence-corrected chi connectivity index (χ4v) is 3.89. The van der Waals surface area contributed by atoms with Crippen LogP contribution in [0.2, 0.25) is 0 Å². The fourth-order valence-electron chi connectivity index (χ4n) is 3.89. The molecule has 6 nitrogen and oxygen atoms in total. The number of nitrogens with zero attached hydrogens (tertiary/aromatic N) is 3. The molecule has 4 rings (SSSR count). The summed E-state index contributed by atoms with van der Waals surface area (Å²) in [4.78, 5) is 14.6. The van der Waals surface area contributed by atoms with Gasteiger partial charge in [-0.1, -0.05) is 37.1 Å². The molecule has 6 heteroatoms. The molecule has 166 valence electrons. The van der Waals surface area contributed by atoms with Gasteiger partial charge in [0.1, 0.15) is 5.75 Å². The van der Waals surface area contributed by atoms with E-state index < -0.39 is 0 Å². The molecule has 3 aromatic rings. The Bertz CT molecular complexity index is 1040. The highest BCUT2D eigenvalue weighted by atomic mass is 16.5. The average molecular weight is 431 g/mol. The molecule has 2 heterocycles. The van der Waals surface area contributed by atoms with Crippen molar-refractivity contribution in [3.63, 3.8) is 0 Å². The van der Waals surface area contributed by atoms with E-state index in [-0.39, 0.29) is 12.5 Å². The molecule has 1 N–H and O–H groups in total. The SMILES string of the molecule is Cc1cccc(OCC(=O)Nc2ccc(-c3ccc(N4CCCCCC4)nn3)cc2)c1C. The Morgan fingerprint density at radius 2 is 1.69 bits per heavy atom. The minimum atomic E-state index is -0.194. The number of hydrogen-bond donors (Lipinski definition) is 1. The Kier molecular flexibility index (Phi) is 7.00. The first-order valence-electron chi connectivity index (χ1n) is 11.3. The van der Waals surface area contributed by atoms with E-state index in [0.29, 0.717) is 0 Å². The lowest BCUT2D eigenvalue weighted by atomic mass is 10.1. The highest BCUT2D eigenvalue weighted by molar-refractivity contribution is 5.92. The zero-order chi connectivity index (χ0) is 22.3. The molecule has 0 radical (unpaired) electrons. The Morgan fingerprint density at radius 3 is 2.38 bits per heavy atom. The van der Waals surface area contributed by atoms with Crippen molar-refractivity contribution in [2.45, 2.75) is 39.5 Å². The van der Waals surface area contributed by atoms with Crippen molar-refractivity contribution in [1.82, 2.24) is 10.2 Å². The maximum Gasteiger partial charge on any atom is 0.262 e. The lowest BCUT2D eigenvalue weighted by Gasteiger charge is -2.20. The zero-order valence-corrected chi connectivity index (χ0v) is 18.8. The van der Waals surface area contributed by atoms with Crippen LogP contribution in [-0.4, -0.2) is 35.8 Å². The predicted octanol–water partition coefficient (Wildman–Crippen LogP) is 5.16. The number of nitrogens with one attached hydrogen (secondary N) is 1. The van der Waals surface area contributed by atoms with E-state index in [1.165, 1.54) is 25.7 Å². The molecule has 1 aromatic heterocycles. The second-order valence-electron chi connectivity index (χ2n) is 8.29. The van der Waals surface area contributed by atoms with Gasteiger partial charge in [0.15, 0.2) is 12.4 Å². The van der Waals surface area contributed by atoms with Gasteiger partial charge in [-0.25, -0.2) is 0 Å². The first kappa shape index (κ1) is 21.8. The minimum absolute atomic E-state index is 0.0323. The van der Waals surface area contributed by atoms with E-state index in [1.807, 2.05) is 68.4 Å². The number of aryl methyl sites for hydroxylation is 1. The maximum absolute atomic E-state index is 12.3. The standard InChI is InChI=1S/C26H30N4O2/c1-19-8-7-9-24(20(19)2)32-18-26(31)27-22-12-10-21(11-13-22)23-14-15-25(29-28-23)30-16-5-3-4-6-17-30/h7-15H,3-6,16-18H2,1-2H3,(H,27,31). The summed E-state index contributed by atoms with van der Waals surface area (Å²) < 4.78 is 5.68. The van der Waals surface area contributed by atoms with Crippen LogP contribution in [0.25, 0.3) is 11.3 Å². The third-order valence-electron chi connectivity index (χ3n) is 5.96. The number of aromatic nitrogens is 2. The third-order valence-corrected chi connectivity index (χ3v) is 5.96. The number of carbonyl (C=O) groups excluding carboxylic acids is 1. The lowest BCUT2D eigenvalue weighted by molar-refractivity contribution is -0.118. The quantitative estimate of drug-likeness (QED) is 0.585. The van der Waals surface area contributed by atoms with Gasteiger partial charge < -0.3 is 15.0 Å². The first-order valence-corrected chi connectivity index (χ1v) is 11.3. The van der Waals surface area contributed by atoms with Gasteiger partial charge in [-0.2, -0.15) is 0 Å². The summed E-state index contributed by atoms with van der Waals surface area (Å²) in [6.45, 7) is 6.09. The fraction of sp³-hybridized carbons (Fsp3) is 0.346. The van der Waals surface area contributed by atoms with Crippen LogP contribution in [0.3, 0.4) is 0 Å². The summed E-state index contributed by atoms with van der Waals surface area (Å²) in [6, 6.07) is 17.5. The molecule has 1 saturated heterocycles. The second-order valence-corrected chi connectivity index (χ2v) is 8.29. The summed E-state index contributed by atoms with van der Waals surface area (Å²) in [5.41, 5.74) is 4.69. The molecule has 1 fully saturated rings. The first-order chi connectivity index (χ1) is 15.6. The summed E-state index contributed by atoms with van der Waals surface area (Å²) >= 11 is 0. The molecule has 0 aliphatic carbocycles. The number of carbonyl (C=O) groups is 1. The van der Waals surface area contributed by atoms with Crippen LogP contribution >= 0.6 is 0 Å². The minimum Gasteiger partial charge on any atom is -0.483 e. The van der Waals surface area contributed by atoms with Crippen molar-refractivity contribution >= 4 is 17.4 Å². The monoisotopic (exact) mass is 430 g/mol. The molecule has 0 spiro atoms. The average Bonchev–Trinajstić information content (AvgIpc) is 3.10. The Balaban J connectivity index is 1.33. The lowest BCUT2D eigenvalue weighted by Crippen LogP contribution is -2.25. The van der Waals surface area contributed by atoms with Gasteiger partial charge in [-0.15, -0.1) is 10.2 Å². The maximum atomic E-state index is 12.3. The summed E-state index contributed by atoms with van der Waals surface area (Å²) in [5, 5.41) is 11.7. The number of amides is 1. The Labute approximate surface area is 189 Å². The molecule has 0 bridgehead atoms. The van der Waals surface area contributed by atoms with Crippen LogP contribution in [0, 0.1) is 13.8 Å². The number of ether oxygens (including phenoxy) is 1. The summed E-state index contributed by atoms with van der Waals surface area (Å²) in [6.07, 6.45) is 5.02.